The number of hydrogen-bond acceptors (Lipinski definition) is 3. The number of amides is 1. The second-order valence-electron chi connectivity index (χ2n) is 5.09. The van der Waals surface area contributed by atoms with Gasteiger partial charge in [-0.25, -0.2) is 0 Å². The normalized spacial score (nSPS) is 11.7. The van der Waals surface area contributed by atoms with E-state index in [9.17, 15) is 18.0 Å². The Kier molecular flexibility index (Phi) is 6.60. The molecular formula is C17H9Cl3F3N3O. The van der Waals surface area contributed by atoms with E-state index in [1.165, 1.54) is 18.2 Å². The summed E-state index contributed by atoms with van der Waals surface area (Å²) >= 11 is 17.2. The molecule has 0 saturated carbocycles. The first-order valence-electron chi connectivity index (χ1n) is 7.12. The van der Waals surface area contributed by atoms with Crippen LogP contribution >= 0.6 is 34.8 Å². The lowest BCUT2D eigenvalue weighted by Gasteiger charge is -2.11. The first kappa shape index (κ1) is 20.9. The number of nitrogens with one attached hydrogen (secondary N) is 2. The maximum atomic E-state index is 12.9. The van der Waals surface area contributed by atoms with Gasteiger partial charge >= 0.3 is 6.18 Å². The van der Waals surface area contributed by atoms with Crippen LogP contribution in [0.3, 0.4) is 0 Å². The van der Waals surface area contributed by atoms with Gasteiger partial charge < -0.3 is 10.6 Å². The average molecular weight is 435 g/mol. The van der Waals surface area contributed by atoms with Gasteiger partial charge in [-0.05, 0) is 36.4 Å². The zero-order valence-corrected chi connectivity index (χ0v) is 15.4. The molecule has 4 nitrogen and oxygen atoms in total. The van der Waals surface area contributed by atoms with Crippen LogP contribution in [0.15, 0.2) is 48.2 Å². The Morgan fingerprint density at radius 2 is 1.63 bits per heavy atom. The Bertz CT molecular complexity index is 953. The SMILES string of the molecule is N#C/C(=C/Nc1ccc(Cl)c(Cl)c1)C(=O)Nc1ccc(Cl)c(C(F)(F)F)c1. The molecule has 0 fully saturated rings. The molecule has 2 rings (SSSR count). The summed E-state index contributed by atoms with van der Waals surface area (Å²) in [6, 6.07) is 9.08. The van der Waals surface area contributed by atoms with Crippen LogP contribution in [0.5, 0.6) is 0 Å². The van der Waals surface area contributed by atoms with Gasteiger partial charge in [0.25, 0.3) is 5.91 Å². The second-order valence-corrected chi connectivity index (χ2v) is 6.31. The molecule has 0 bridgehead atoms. The number of rotatable bonds is 4. The first-order valence-corrected chi connectivity index (χ1v) is 8.25. The molecule has 10 heteroatoms. The maximum absolute atomic E-state index is 12.9. The highest BCUT2D eigenvalue weighted by molar-refractivity contribution is 6.42. The fraction of sp³-hybridized carbons (Fsp3) is 0.0588. The van der Waals surface area contributed by atoms with E-state index in [1.807, 2.05) is 0 Å². The lowest BCUT2D eigenvalue weighted by Crippen LogP contribution is -2.15. The summed E-state index contributed by atoms with van der Waals surface area (Å²) in [5.41, 5.74) is -1.17. The number of anilines is 2. The van der Waals surface area contributed by atoms with E-state index in [4.69, 9.17) is 40.1 Å². The van der Waals surface area contributed by atoms with E-state index in [1.54, 1.807) is 12.1 Å². The molecule has 0 aliphatic carbocycles. The highest BCUT2D eigenvalue weighted by Gasteiger charge is 2.33. The standard InChI is InChI=1S/C17H9Cl3F3N3O/c18-13-3-2-11(5-12(13)17(21,22)23)26-16(27)9(7-24)8-25-10-1-4-14(19)15(20)6-10/h1-6,8,25H,(H,26,27)/b9-8-. The van der Waals surface area contributed by atoms with Gasteiger partial charge in [-0.3, -0.25) is 4.79 Å². The minimum Gasteiger partial charge on any atom is -0.360 e. The molecule has 27 heavy (non-hydrogen) atoms. The molecule has 0 spiro atoms. The van der Waals surface area contributed by atoms with Crippen LogP contribution in [-0.4, -0.2) is 5.91 Å². The van der Waals surface area contributed by atoms with Gasteiger partial charge in [-0.15, -0.1) is 0 Å². The molecule has 0 saturated heterocycles. The number of carbonyl (C=O) groups is 1. The van der Waals surface area contributed by atoms with E-state index < -0.39 is 22.7 Å². The van der Waals surface area contributed by atoms with Crippen molar-refractivity contribution in [3.63, 3.8) is 0 Å². The summed E-state index contributed by atoms with van der Waals surface area (Å²) in [4.78, 5) is 12.1. The average Bonchev–Trinajstić information content (AvgIpc) is 2.59. The van der Waals surface area contributed by atoms with E-state index >= 15 is 0 Å². The monoisotopic (exact) mass is 433 g/mol. The summed E-state index contributed by atoms with van der Waals surface area (Å²) in [6.07, 6.45) is -3.59. The van der Waals surface area contributed by atoms with Gasteiger partial charge in [0, 0.05) is 17.6 Å². The van der Waals surface area contributed by atoms with Crippen molar-refractivity contribution in [2.45, 2.75) is 6.18 Å². The number of nitrogens with zero attached hydrogens (tertiary/aromatic N) is 1. The molecular weight excluding hydrogens is 426 g/mol. The molecule has 0 aliphatic rings. The minimum absolute atomic E-state index is 0.160. The molecule has 1 amide bonds. The summed E-state index contributed by atoms with van der Waals surface area (Å²) in [7, 11) is 0. The van der Waals surface area contributed by atoms with Gasteiger partial charge in [-0.1, -0.05) is 34.8 Å². The highest BCUT2D eigenvalue weighted by Crippen LogP contribution is 2.36. The Labute approximate surface area is 167 Å². The van der Waals surface area contributed by atoms with Gasteiger partial charge in [0.15, 0.2) is 0 Å². The van der Waals surface area contributed by atoms with E-state index in [0.29, 0.717) is 16.8 Å². The number of benzene rings is 2. The predicted molar refractivity (Wildman–Crippen MR) is 98.9 cm³/mol. The van der Waals surface area contributed by atoms with Crippen molar-refractivity contribution in [1.29, 1.82) is 5.26 Å². The van der Waals surface area contributed by atoms with Crippen molar-refractivity contribution in [2.75, 3.05) is 10.6 Å². The second kappa shape index (κ2) is 8.53. The molecule has 0 heterocycles. The third-order valence-corrected chi connectivity index (χ3v) is 4.27. The van der Waals surface area contributed by atoms with Crippen molar-refractivity contribution < 1.29 is 18.0 Å². The lowest BCUT2D eigenvalue weighted by molar-refractivity contribution is -0.137. The van der Waals surface area contributed by atoms with Crippen LogP contribution in [0.1, 0.15) is 5.56 Å². The number of carbonyl (C=O) groups excluding carboxylic acids is 1. The maximum Gasteiger partial charge on any atom is 0.417 e. The first-order chi connectivity index (χ1) is 12.6. The third kappa shape index (κ3) is 5.54. The number of hydrogen-bond donors (Lipinski definition) is 2. The van der Waals surface area contributed by atoms with Crippen molar-refractivity contribution in [3.05, 3.63) is 68.8 Å². The van der Waals surface area contributed by atoms with Crippen molar-refractivity contribution >= 4 is 52.1 Å². The Morgan fingerprint density at radius 3 is 2.22 bits per heavy atom. The van der Waals surface area contributed by atoms with Crippen molar-refractivity contribution in [1.82, 2.24) is 0 Å². The summed E-state index contributed by atoms with van der Waals surface area (Å²) in [5.74, 6) is -0.902. The summed E-state index contributed by atoms with van der Waals surface area (Å²) in [5, 5.41) is 14.1. The highest BCUT2D eigenvalue weighted by atomic mass is 35.5. The van der Waals surface area contributed by atoms with Gasteiger partial charge in [0.05, 0.1) is 20.6 Å². The lowest BCUT2D eigenvalue weighted by atomic mass is 10.2. The van der Waals surface area contributed by atoms with Gasteiger partial charge in [0.2, 0.25) is 0 Å². The van der Waals surface area contributed by atoms with E-state index in [2.05, 4.69) is 10.6 Å². The zero-order valence-electron chi connectivity index (χ0n) is 13.2. The summed E-state index contributed by atoms with van der Waals surface area (Å²) < 4.78 is 38.6. The molecule has 2 aromatic carbocycles. The van der Waals surface area contributed by atoms with Crippen molar-refractivity contribution in [2.24, 2.45) is 0 Å². The quantitative estimate of drug-likeness (QED) is 0.450. The van der Waals surface area contributed by atoms with Crippen LogP contribution in [0.4, 0.5) is 24.5 Å². The third-order valence-electron chi connectivity index (χ3n) is 3.20. The van der Waals surface area contributed by atoms with Crippen LogP contribution in [0.25, 0.3) is 0 Å². The molecule has 140 valence electrons. The van der Waals surface area contributed by atoms with Gasteiger partial charge in [-0.2, -0.15) is 18.4 Å². The van der Waals surface area contributed by atoms with Crippen LogP contribution in [0, 0.1) is 11.3 Å². The van der Waals surface area contributed by atoms with Crippen LogP contribution < -0.4 is 10.6 Å². The Balaban J connectivity index is 2.17. The fourth-order valence-corrected chi connectivity index (χ4v) is 2.43. The van der Waals surface area contributed by atoms with Crippen molar-refractivity contribution in [3.8, 4) is 6.07 Å². The largest absolute Gasteiger partial charge is 0.417 e. The van der Waals surface area contributed by atoms with Crippen LogP contribution in [0.2, 0.25) is 15.1 Å². The predicted octanol–water partition coefficient (Wildman–Crippen LogP) is 6.12. The Hall–Kier alpha value is -2.40. The van der Waals surface area contributed by atoms with E-state index in [-0.39, 0.29) is 16.3 Å². The fourth-order valence-electron chi connectivity index (χ4n) is 1.91. The molecule has 0 aliphatic heterocycles. The van der Waals surface area contributed by atoms with Crippen LogP contribution in [-0.2, 0) is 11.0 Å². The summed E-state index contributed by atoms with van der Waals surface area (Å²) in [6.45, 7) is 0. The minimum atomic E-state index is -4.68. The molecule has 0 atom stereocenters. The molecule has 0 radical (unpaired) electrons. The number of halogens is 6. The molecule has 2 N–H and O–H groups in total. The number of alkyl halides is 3. The molecule has 0 unspecified atom stereocenters. The zero-order chi connectivity index (χ0) is 20.2. The molecule has 2 aromatic rings. The smallest absolute Gasteiger partial charge is 0.360 e. The Morgan fingerprint density at radius 1 is 1.00 bits per heavy atom. The topological polar surface area (TPSA) is 64.9 Å². The van der Waals surface area contributed by atoms with E-state index in [0.717, 1.165) is 12.3 Å². The molecule has 0 aromatic heterocycles. The van der Waals surface area contributed by atoms with Gasteiger partial charge in [0.1, 0.15) is 11.6 Å². The number of nitriles is 1.